The van der Waals surface area contributed by atoms with Crippen LogP contribution in [0, 0.1) is 0 Å². The number of hydrogen-bond donors (Lipinski definition) is 1. The van der Waals surface area contributed by atoms with E-state index in [0.29, 0.717) is 11.6 Å². The van der Waals surface area contributed by atoms with E-state index in [-0.39, 0.29) is 0 Å². The van der Waals surface area contributed by atoms with Gasteiger partial charge in [-0.3, -0.25) is 0 Å². The van der Waals surface area contributed by atoms with Gasteiger partial charge in [-0.15, -0.1) is 0 Å². The lowest BCUT2D eigenvalue weighted by molar-refractivity contribution is 0.0973. The maximum absolute atomic E-state index is 11.7. The molecule has 2 aromatic heterocycles. The minimum Gasteiger partial charge on any atom is -0.371 e. The monoisotopic (exact) mass is 296 g/mol. The minimum atomic E-state index is -1.37. The molecule has 0 spiro atoms. The maximum atomic E-state index is 11.7. The van der Waals surface area contributed by atoms with Gasteiger partial charge in [0.2, 0.25) is 5.60 Å². The van der Waals surface area contributed by atoms with E-state index in [1.165, 1.54) is 0 Å². The van der Waals surface area contributed by atoms with Crippen LogP contribution >= 0.6 is 0 Å². The number of imidazole rings is 2. The second-order valence-electron chi connectivity index (χ2n) is 5.15. The van der Waals surface area contributed by atoms with Crippen LogP contribution in [0.2, 0.25) is 0 Å². The van der Waals surface area contributed by atoms with Gasteiger partial charge in [-0.1, -0.05) is 30.3 Å². The standard InChI is InChI=1S/C17H20N4O/c1-3-20-12-10-18-15(20)17(22,14-8-6-5-7-9-14)16-19-11-13-21(16)4-2/h5-13,22H,3-4H2,1-2H3. The van der Waals surface area contributed by atoms with E-state index in [1.807, 2.05) is 65.7 Å². The summed E-state index contributed by atoms with van der Waals surface area (Å²) >= 11 is 0. The van der Waals surface area contributed by atoms with Crippen LogP contribution in [-0.4, -0.2) is 24.2 Å². The zero-order chi connectivity index (χ0) is 15.6. The Kier molecular flexibility index (Phi) is 3.81. The summed E-state index contributed by atoms with van der Waals surface area (Å²) in [7, 11) is 0. The quantitative estimate of drug-likeness (QED) is 0.786. The Balaban J connectivity index is 2.28. The Hall–Kier alpha value is -2.40. The third-order valence-corrected chi connectivity index (χ3v) is 3.95. The van der Waals surface area contributed by atoms with Gasteiger partial charge in [-0.25, -0.2) is 9.97 Å². The molecule has 0 atom stereocenters. The molecule has 0 amide bonds. The van der Waals surface area contributed by atoms with Gasteiger partial charge in [0.25, 0.3) is 0 Å². The van der Waals surface area contributed by atoms with E-state index in [4.69, 9.17) is 0 Å². The second kappa shape index (κ2) is 5.77. The first kappa shape index (κ1) is 14.5. The van der Waals surface area contributed by atoms with Crippen LogP contribution in [0.15, 0.2) is 55.1 Å². The van der Waals surface area contributed by atoms with Crippen molar-refractivity contribution in [3.63, 3.8) is 0 Å². The highest BCUT2D eigenvalue weighted by atomic mass is 16.3. The molecule has 0 radical (unpaired) electrons. The van der Waals surface area contributed by atoms with E-state index in [9.17, 15) is 5.11 Å². The Morgan fingerprint density at radius 2 is 1.41 bits per heavy atom. The molecule has 0 aliphatic carbocycles. The Morgan fingerprint density at radius 1 is 0.909 bits per heavy atom. The number of aryl methyl sites for hydroxylation is 2. The fourth-order valence-corrected chi connectivity index (χ4v) is 2.81. The van der Waals surface area contributed by atoms with Crippen LogP contribution in [0.4, 0.5) is 0 Å². The van der Waals surface area contributed by atoms with Gasteiger partial charge in [0.15, 0.2) is 11.6 Å². The van der Waals surface area contributed by atoms with Crippen molar-refractivity contribution in [2.45, 2.75) is 32.5 Å². The van der Waals surface area contributed by atoms with Crippen molar-refractivity contribution in [3.05, 3.63) is 72.3 Å². The molecular formula is C17H20N4O. The molecule has 3 rings (SSSR count). The Bertz CT molecular complexity index is 703. The van der Waals surface area contributed by atoms with Crippen molar-refractivity contribution < 1.29 is 5.11 Å². The molecule has 1 aromatic carbocycles. The normalized spacial score (nSPS) is 11.8. The van der Waals surface area contributed by atoms with Gasteiger partial charge in [-0.2, -0.15) is 0 Å². The van der Waals surface area contributed by atoms with Gasteiger partial charge >= 0.3 is 0 Å². The van der Waals surface area contributed by atoms with Crippen molar-refractivity contribution >= 4 is 0 Å². The lowest BCUT2D eigenvalue weighted by Gasteiger charge is -2.28. The van der Waals surface area contributed by atoms with E-state index in [2.05, 4.69) is 9.97 Å². The van der Waals surface area contributed by atoms with Gasteiger partial charge in [0, 0.05) is 37.9 Å². The SMILES string of the molecule is CCn1ccnc1C(O)(c1ccccc1)c1nccn1CC. The second-order valence-corrected chi connectivity index (χ2v) is 5.15. The van der Waals surface area contributed by atoms with E-state index >= 15 is 0 Å². The van der Waals surface area contributed by atoms with Crippen LogP contribution in [0.1, 0.15) is 31.1 Å². The van der Waals surface area contributed by atoms with E-state index in [1.54, 1.807) is 12.4 Å². The highest BCUT2D eigenvalue weighted by molar-refractivity contribution is 5.37. The molecule has 3 aromatic rings. The van der Waals surface area contributed by atoms with Crippen molar-refractivity contribution in [2.24, 2.45) is 0 Å². The van der Waals surface area contributed by atoms with Crippen LogP contribution in [0.5, 0.6) is 0 Å². The van der Waals surface area contributed by atoms with Crippen molar-refractivity contribution in [2.75, 3.05) is 0 Å². The molecule has 1 N–H and O–H groups in total. The molecule has 2 heterocycles. The van der Waals surface area contributed by atoms with Crippen molar-refractivity contribution in [1.82, 2.24) is 19.1 Å². The summed E-state index contributed by atoms with van der Waals surface area (Å²) in [6.45, 7) is 5.53. The number of rotatable bonds is 5. The predicted molar refractivity (Wildman–Crippen MR) is 84.3 cm³/mol. The van der Waals surface area contributed by atoms with Crippen LogP contribution in [0.3, 0.4) is 0 Å². The zero-order valence-electron chi connectivity index (χ0n) is 12.8. The van der Waals surface area contributed by atoms with Crippen LogP contribution in [0.25, 0.3) is 0 Å². The first-order valence-corrected chi connectivity index (χ1v) is 7.52. The smallest absolute Gasteiger partial charge is 0.206 e. The third kappa shape index (κ3) is 2.14. The molecule has 114 valence electrons. The summed E-state index contributed by atoms with van der Waals surface area (Å²) in [5.74, 6) is 1.17. The summed E-state index contributed by atoms with van der Waals surface area (Å²) in [4.78, 5) is 8.85. The predicted octanol–water partition coefficient (Wildman–Crippen LogP) is 2.40. The fraction of sp³-hybridized carbons (Fsp3) is 0.294. The first-order chi connectivity index (χ1) is 10.7. The summed E-state index contributed by atoms with van der Waals surface area (Å²) in [6, 6.07) is 9.58. The lowest BCUT2D eigenvalue weighted by atomic mass is 9.91. The summed E-state index contributed by atoms with van der Waals surface area (Å²) in [6.07, 6.45) is 7.18. The van der Waals surface area contributed by atoms with Gasteiger partial charge in [0.1, 0.15) is 0 Å². The number of aromatic nitrogens is 4. The topological polar surface area (TPSA) is 55.9 Å². The van der Waals surface area contributed by atoms with Crippen molar-refractivity contribution in [3.8, 4) is 0 Å². The summed E-state index contributed by atoms with van der Waals surface area (Å²) < 4.78 is 3.89. The largest absolute Gasteiger partial charge is 0.371 e. The molecular weight excluding hydrogens is 276 g/mol. The molecule has 0 aliphatic rings. The molecule has 5 heteroatoms. The fourth-order valence-electron chi connectivity index (χ4n) is 2.81. The maximum Gasteiger partial charge on any atom is 0.206 e. The minimum absolute atomic E-state index is 0.585. The highest BCUT2D eigenvalue weighted by Gasteiger charge is 2.41. The van der Waals surface area contributed by atoms with Gasteiger partial charge < -0.3 is 14.2 Å². The molecule has 0 unspecified atom stereocenters. The molecule has 0 saturated heterocycles. The zero-order valence-corrected chi connectivity index (χ0v) is 12.8. The lowest BCUT2D eigenvalue weighted by Crippen LogP contribution is -2.35. The van der Waals surface area contributed by atoms with Crippen molar-refractivity contribution in [1.29, 1.82) is 0 Å². The van der Waals surface area contributed by atoms with E-state index in [0.717, 1.165) is 18.7 Å². The first-order valence-electron chi connectivity index (χ1n) is 7.52. The molecule has 0 aliphatic heterocycles. The molecule has 22 heavy (non-hydrogen) atoms. The molecule has 0 fully saturated rings. The third-order valence-electron chi connectivity index (χ3n) is 3.95. The van der Waals surface area contributed by atoms with Crippen LogP contribution in [-0.2, 0) is 18.7 Å². The number of nitrogens with zero attached hydrogens (tertiary/aromatic N) is 4. The Morgan fingerprint density at radius 3 is 1.86 bits per heavy atom. The van der Waals surface area contributed by atoms with Crippen LogP contribution < -0.4 is 0 Å². The molecule has 0 saturated carbocycles. The molecule has 0 bridgehead atoms. The summed E-state index contributed by atoms with van der Waals surface area (Å²) in [5.41, 5.74) is -0.614. The number of aliphatic hydroxyl groups is 1. The average molecular weight is 296 g/mol. The summed E-state index contributed by atoms with van der Waals surface area (Å²) in [5, 5.41) is 11.7. The Labute approximate surface area is 129 Å². The highest BCUT2D eigenvalue weighted by Crippen LogP contribution is 2.34. The molecule has 5 nitrogen and oxygen atoms in total. The van der Waals surface area contributed by atoms with Gasteiger partial charge in [0.05, 0.1) is 0 Å². The average Bonchev–Trinajstić information content (AvgIpc) is 3.23. The van der Waals surface area contributed by atoms with Gasteiger partial charge in [-0.05, 0) is 19.4 Å². The van der Waals surface area contributed by atoms with E-state index < -0.39 is 5.60 Å². The number of benzene rings is 1. The number of hydrogen-bond acceptors (Lipinski definition) is 3.